The van der Waals surface area contributed by atoms with Crippen molar-refractivity contribution in [2.75, 3.05) is 13.1 Å². The van der Waals surface area contributed by atoms with Crippen molar-refractivity contribution < 1.29 is 19.8 Å². The van der Waals surface area contributed by atoms with Gasteiger partial charge in [-0.05, 0) is 0 Å². The van der Waals surface area contributed by atoms with Crippen LogP contribution in [0.25, 0.3) is 0 Å². The second-order valence-corrected chi connectivity index (χ2v) is 3.87. The van der Waals surface area contributed by atoms with Crippen molar-refractivity contribution in [1.29, 1.82) is 0 Å². The maximum atomic E-state index is 10.5. The molecule has 0 atom stereocenters. The molecule has 0 radical (unpaired) electrons. The third-order valence-corrected chi connectivity index (χ3v) is 2.35. The molecule has 15 heavy (non-hydrogen) atoms. The molecule has 6 nitrogen and oxygen atoms in total. The summed E-state index contributed by atoms with van der Waals surface area (Å²) in [5, 5.41) is 17.2. The predicted molar refractivity (Wildman–Crippen MR) is 52.7 cm³/mol. The van der Waals surface area contributed by atoms with Crippen LogP contribution in [0.15, 0.2) is 11.7 Å². The molecule has 0 saturated carbocycles. The zero-order valence-electron chi connectivity index (χ0n) is 7.79. The molecule has 7 heteroatoms. The van der Waals surface area contributed by atoms with Crippen LogP contribution in [0.2, 0.25) is 0 Å². The van der Waals surface area contributed by atoms with Gasteiger partial charge in [0.15, 0.2) is 0 Å². The first-order valence-electron chi connectivity index (χ1n) is 4.11. The first-order chi connectivity index (χ1) is 7.08. The Kier molecular flexibility index (Phi) is 4.19. The predicted octanol–water partition coefficient (Wildman–Crippen LogP) is 0.114. The summed E-state index contributed by atoms with van der Waals surface area (Å²) in [5.74, 6) is -2.08. The van der Waals surface area contributed by atoms with E-state index in [4.69, 9.17) is 10.2 Å². The van der Waals surface area contributed by atoms with E-state index >= 15 is 0 Å². The van der Waals surface area contributed by atoms with E-state index in [-0.39, 0.29) is 13.1 Å². The van der Waals surface area contributed by atoms with Gasteiger partial charge >= 0.3 is 11.9 Å². The molecule has 0 aliphatic rings. The van der Waals surface area contributed by atoms with Crippen LogP contribution in [0.3, 0.4) is 0 Å². The Balaban J connectivity index is 2.55. The summed E-state index contributed by atoms with van der Waals surface area (Å²) in [6.45, 7) is -0.280. The lowest BCUT2D eigenvalue weighted by molar-refractivity contribution is -0.141. The number of hydrogen-bond donors (Lipinski definition) is 2. The van der Waals surface area contributed by atoms with Gasteiger partial charge in [-0.25, -0.2) is 0 Å². The van der Waals surface area contributed by atoms with Crippen LogP contribution in [0.5, 0.6) is 0 Å². The van der Waals surface area contributed by atoms with Gasteiger partial charge in [-0.15, -0.1) is 11.3 Å². The quantitative estimate of drug-likeness (QED) is 0.721. The molecule has 1 aromatic rings. The number of carboxylic acid groups (broad SMARTS) is 2. The van der Waals surface area contributed by atoms with Crippen molar-refractivity contribution in [3.8, 4) is 0 Å². The first-order valence-corrected chi connectivity index (χ1v) is 4.99. The smallest absolute Gasteiger partial charge is 0.317 e. The van der Waals surface area contributed by atoms with E-state index in [2.05, 4.69) is 4.98 Å². The van der Waals surface area contributed by atoms with E-state index in [9.17, 15) is 9.59 Å². The third-order valence-electron chi connectivity index (χ3n) is 1.58. The van der Waals surface area contributed by atoms with Crippen LogP contribution in [0.1, 0.15) is 4.88 Å². The molecule has 1 heterocycles. The highest BCUT2D eigenvalue weighted by Crippen LogP contribution is 2.08. The average molecular weight is 230 g/mol. The Morgan fingerprint density at radius 3 is 2.33 bits per heavy atom. The third kappa shape index (κ3) is 4.52. The van der Waals surface area contributed by atoms with E-state index in [0.29, 0.717) is 6.54 Å². The Labute approximate surface area is 89.8 Å². The largest absolute Gasteiger partial charge is 0.480 e. The van der Waals surface area contributed by atoms with Crippen LogP contribution in [0, 0.1) is 0 Å². The zero-order valence-corrected chi connectivity index (χ0v) is 8.61. The van der Waals surface area contributed by atoms with Gasteiger partial charge in [0.1, 0.15) is 0 Å². The molecule has 1 rings (SSSR count). The molecule has 82 valence electrons. The first kappa shape index (κ1) is 11.6. The minimum atomic E-state index is -1.04. The lowest BCUT2D eigenvalue weighted by Gasteiger charge is -2.16. The molecule has 0 aromatic carbocycles. The van der Waals surface area contributed by atoms with Crippen LogP contribution in [-0.4, -0.2) is 45.1 Å². The molecule has 0 aliphatic heterocycles. The van der Waals surface area contributed by atoms with Gasteiger partial charge in [0.2, 0.25) is 0 Å². The highest BCUT2D eigenvalue weighted by molar-refractivity contribution is 7.09. The fraction of sp³-hybridized carbons (Fsp3) is 0.375. The number of carboxylic acids is 2. The Bertz CT molecular complexity index is 322. The fourth-order valence-corrected chi connectivity index (χ4v) is 1.73. The fourth-order valence-electron chi connectivity index (χ4n) is 1.09. The number of hydrogen-bond acceptors (Lipinski definition) is 5. The molecular formula is C8H10N2O4S. The van der Waals surface area contributed by atoms with Crippen molar-refractivity contribution in [2.24, 2.45) is 0 Å². The Morgan fingerprint density at radius 2 is 1.93 bits per heavy atom. The van der Waals surface area contributed by atoms with E-state index in [1.165, 1.54) is 16.2 Å². The topological polar surface area (TPSA) is 90.7 Å². The molecule has 0 saturated heterocycles. The monoisotopic (exact) mass is 230 g/mol. The molecule has 0 amide bonds. The van der Waals surface area contributed by atoms with Crippen LogP contribution in [0.4, 0.5) is 0 Å². The molecule has 2 N–H and O–H groups in total. The minimum Gasteiger partial charge on any atom is -0.480 e. The van der Waals surface area contributed by atoms with Gasteiger partial charge < -0.3 is 10.2 Å². The lowest BCUT2D eigenvalue weighted by atomic mass is 10.4. The summed E-state index contributed by atoms with van der Waals surface area (Å²) in [6.07, 6.45) is 1.60. The maximum Gasteiger partial charge on any atom is 0.317 e. The Hall–Kier alpha value is -1.47. The molecule has 1 aromatic heterocycles. The number of rotatable bonds is 6. The van der Waals surface area contributed by atoms with Gasteiger partial charge in [-0.3, -0.25) is 19.5 Å². The van der Waals surface area contributed by atoms with Crippen LogP contribution >= 0.6 is 11.3 Å². The highest BCUT2D eigenvalue weighted by atomic mass is 32.1. The Morgan fingerprint density at radius 1 is 1.33 bits per heavy atom. The molecule has 0 bridgehead atoms. The van der Waals surface area contributed by atoms with Crippen molar-refractivity contribution >= 4 is 23.3 Å². The van der Waals surface area contributed by atoms with Gasteiger partial charge in [0.05, 0.1) is 18.6 Å². The van der Waals surface area contributed by atoms with Crippen LogP contribution < -0.4 is 0 Å². The standard InChI is InChI=1S/C8H10N2O4S/c11-7(12)3-10(4-8(13)14)2-6-1-9-5-15-6/h1,5H,2-4H2,(H,11,12)(H,13,14). The highest BCUT2D eigenvalue weighted by Gasteiger charge is 2.14. The van der Waals surface area contributed by atoms with Gasteiger partial charge in [-0.2, -0.15) is 0 Å². The summed E-state index contributed by atoms with van der Waals surface area (Å²) < 4.78 is 0. The lowest BCUT2D eigenvalue weighted by Crippen LogP contribution is -2.33. The second-order valence-electron chi connectivity index (χ2n) is 2.90. The summed E-state index contributed by atoms with van der Waals surface area (Å²) in [4.78, 5) is 27.0. The van der Waals surface area contributed by atoms with Gasteiger partial charge in [0.25, 0.3) is 0 Å². The van der Waals surface area contributed by atoms with E-state index in [0.717, 1.165) is 4.88 Å². The normalized spacial score (nSPS) is 10.5. The van der Waals surface area contributed by atoms with Crippen molar-refractivity contribution in [3.05, 3.63) is 16.6 Å². The summed E-state index contributed by atoms with van der Waals surface area (Å²) in [6, 6.07) is 0. The summed E-state index contributed by atoms with van der Waals surface area (Å²) in [7, 11) is 0. The van der Waals surface area contributed by atoms with Crippen LogP contribution in [-0.2, 0) is 16.1 Å². The maximum absolute atomic E-state index is 10.5. The summed E-state index contributed by atoms with van der Waals surface area (Å²) in [5.41, 5.74) is 1.62. The van der Waals surface area contributed by atoms with Crippen molar-refractivity contribution in [3.63, 3.8) is 0 Å². The average Bonchev–Trinajstić information content (AvgIpc) is 2.53. The number of nitrogens with zero attached hydrogens (tertiary/aromatic N) is 2. The number of aliphatic carboxylic acids is 2. The second kappa shape index (κ2) is 5.42. The molecule has 0 fully saturated rings. The van der Waals surface area contributed by atoms with E-state index in [1.807, 2.05) is 0 Å². The van der Waals surface area contributed by atoms with Gasteiger partial charge in [-0.1, -0.05) is 0 Å². The van der Waals surface area contributed by atoms with Gasteiger partial charge in [0, 0.05) is 17.6 Å². The number of carbonyl (C=O) groups is 2. The number of aromatic nitrogens is 1. The van der Waals surface area contributed by atoms with E-state index in [1.54, 1.807) is 11.7 Å². The number of thiazole rings is 1. The van der Waals surface area contributed by atoms with Crippen molar-refractivity contribution in [1.82, 2.24) is 9.88 Å². The zero-order chi connectivity index (χ0) is 11.3. The SMILES string of the molecule is O=C(O)CN(CC(=O)O)Cc1cncs1. The molecule has 0 aliphatic carbocycles. The molecular weight excluding hydrogens is 220 g/mol. The summed E-state index contributed by atoms with van der Waals surface area (Å²) >= 11 is 1.37. The molecule has 0 unspecified atom stereocenters. The van der Waals surface area contributed by atoms with E-state index < -0.39 is 11.9 Å². The van der Waals surface area contributed by atoms with Crippen molar-refractivity contribution in [2.45, 2.75) is 6.54 Å². The minimum absolute atomic E-state index is 0.288. The molecule has 0 spiro atoms.